The van der Waals surface area contributed by atoms with Crippen molar-refractivity contribution < 1.29 is 19.0 Å². The SMILES string of the molecule is COCCN(CC(=O)O)Cc1ccc(F)cc1C. The lowest BCUT2D eigenvalue weighted by Gasteiger charge is -2.20. The van der Waals surface area contributed by atoms with E-state index in [1.165, 1.54) is 12.1 Å². The number of nitrogens with zero attached hydrogens (tertiary/aromatic N) is 1. The van der Waals surface area contributed by atoms with Gasteiger partial charge in [-0.25, -0.2) is 4.39 Å². The van der Waals surface area contributed by atoms with Gasteiger partial charge in [-0.1, -0.05) is 6.07 Å². The molecule has 1 aromatic rings. The first kappa shape index (κ1) is 14.6. The maximum Gasteiger partial charge on any atom is 0.317 e. The van der Waals surface area contributed by atoms with Crippen molar-refractivity contribution in [3.63, 3.8) is 0 Å². The van der Waals surface area contributed by atoms with Gasteiger partial charge < -0.3 is 9.84 Å². The molecule has 0 aliphatic rings. The van der Waals surface area contributed by atoms with Gasteiger partial charge in [0.15, 0.2) is 0 Å². The Balaban J connectivity index is 2.71. The largest absolute Gasteiger partial charge is 0.480 e. The molecule has 1 rings (SSSR count). The lowest BCUT2D eigenvalue weighted by Crippen LogP contribution is -2.32. The topological polar surface area (TPSA) is 49.8 Å². The number of aryl methyl sites for hydroxylation is 1. The third-order valence-electron chi connectivity index (χ3n) is 2.67. The third kappa shape index (κ3) is 4.81. The summed E-state index contributed by atoms with van der Waals surface area (Å²) in [5.41, 5.74) is 1.75. The molecule has 0 bridgehead atoms. The van der Waals surface area contributed by atoms with Gasteiger partial charge in [0.2, 0.25) is 0 Å². The van der Waals surface area contributed by atoms with E-state index in [2.05, 4.69) is 0 Å². The molecule has 0 atom stereocenters. The number of carboxylic acid groups (broad SMARTS) is 1. The van der Waals surface area contributed by atoms with Gasteiger partial charge in [-0.3, -0.25) is 9.69 Å². The van der Waals surface area contributed by atoms with Crippen LogP contribution in [0.25, 0.3) is 0 Å². The fraction of sp³-hybridized carbons (Fsp3) is 0.462. The number of benzene rings is 1. The van der Waals surface area contributed by atoms with Crippen molar-refractivity contribution in [2.45, 2.75) is 13.5 Å². The number of hydrogen-bond donors (Lipinski definition) is 1. The van der Waals surface area contributed by atoms with Crippen molar-refractivity contribution in [2.75, 3.05) is 26.8 Å². The van der Waals surface area contributed by atoms with Crippen LogP contribution >= 0.6 is 0 Å². The van der Waals surface area contributed by atoms with Gasteiger partial charge in [-0.15, -0.1) is 0 Å². The zero-order valence-corrected chi connectivity index (χ0v) is 10.6. The van der Waals surface area contributed by atoms with Crippen LogP contribution in [0, 0.1) is 12.7 Å². The highest BCUT2D eigenvalue weighted by Crippen LogP contribution is 2.12. The molecule has 0 heterocycles. The van der Waals surface area contributed by atoms with E-state index in [1.807, 2.05) is 6.92 Å². The molecule has 0 saturated carbocycles. The summed E-state index contributed by atoms with van der Waals surface area (Å²) in [5.74, 6) is -1.16. The average Bonchev–Trinajstić information content (AvgIpc) is 2.29. The summed E-state index contributed by atoms with van der Waals surface area (Å²) in [6.45, 7) is 3.22. The maximum absolute atomic E-state index is 13.0. The van der Waals surface area contributed by atoms with Gasteiger partial charge in [0.25, 0.3) is 0 Å². The fourth-order valence-corrected chi connectivity index (χ4v) is 1.70. The smallest absolute Gasteiger partial charge is 0.317 e. The third-order valence-corrected chi connectivity index (χ3v) is 2.67. The van der Waals surface area contributed by atoms with E-state index >= 15 is 0 Å². The number of methoxy groups -OCH3 is 1. The molecule has 4 nitrogen and oxygen atoms in total. The summed E-state index contributed by atoms with van der Waals surface area (Å²) in [5, 5.41) is 8.83. The minimum atomic E-state index is -0.883. The standard InChI is InChI=1S/C13H18FNO3/c1-10-7-12(14)4-3-11(10)8-15(5-6-18-2)9-13(16)17/h3-4,7H,5-6,8-9H2,1-2H3,(H,16,17). The first-order valence-electron chi connectivity index (χ1n) is 5.71. The Hall–Kier alpha value is -1.46. The molecule has 1 N–H and O–H groups in total. The van der Waals surface area contributed by atoms with Crippen LogP contribution in [0.1, 0.15) is 11.1 Å². The van der Waals surface area contributed by atoms with Gasteiger partial charge >= 0.3 is 5.97 Å². The summed E-state index contributed by atoms with van der Waals surface area (Å²) >= 11 is 0. The Kier molecular flexibility index (Phi) is 5.74. The predicted molar refractivity (Wildman–Crippen MR) is 65.9 cm³/mol. The molecule has 1 aromatic carbocycles. The molecule has 0 aromatic heterocycles. The van der Waals surface area contributed by atoms with Gasteiger partial charge in [0, 0.05) is 20.2 Å². The lowest BCUT2D eigenvalue weighted by molar-refractivity contribution is -0.138. The van der Waals surface area contributed by atoms with Crippen LogP contribution in [0.3, 0.4) is 0 Å². The normalized spacial score (nSPS) is 10.9. The monoisotopic (exact) mass is 255 g/mol. The molecule has 100 valence electrons. The quantitative estimate of drug-likeness (QED) is 0.805. The van der Waals surface area contributed by atoms with Crippen molar-refractivity contribution >= 4 is 5.97 Å². The van der Waals surface area contributed by atoms with Crippen LogP contribution in [-0.4, -0.2) is 42.8 Å². The molecule has 5 heteroatoms. The number of carbonyl (C=O) groups is 1. The second kappa shape index (κ2) is 7.08. The van der Waals surface area contributed by atoms with E-state index in [0.717, 1.165) is 11.1 Å². The summed E-state index contributed by atoms with van der Waals surface area (Å²) in [6, 6.07) is 4.52. The van der Waals surface area contributed by atoms with Crippen LogP contribution < -0.4 is 0 Å². The molecule has 0 aliphatic heterocycles. The maximum atomic E-state index is 13.0. The van der Waals surface area contributed by atoms with Crippen LogP contribution in [-0.2, 0) is 16.1 Å². The predicted octanol–water partition coefficient (Wildman–Crippen LogP) is 1.67. The van der Waals surface area contributed by atoms with Crippen LogP contribution in [0.2, 0.25) is 0 Å². The highest BCUT2D eigenvalue weighted by Gasteiger charge is 2.11. The summed E-state index contributed by atoms with van der Waals surface area (Å²) in [7, 11) is 1.57. The van der Waals surface area contributed by atoms with Crippen molar-refractivity contribution in [2.24, 2.45) is 0 Å². The van der Waals surface area contributed by atoms with Crippen molar-refractivity contribution in [3.05, 3.63) is 35.1 Å². The van der Waals surface area contributed by atoms with Crippen LogP contribution in [0.4, 0.5) is 4.39 Å². The minimum absolute atomic E-state index is 0.0554. The molecule has 0 amide bonds. The number of carboxylic acids is 1. The zero-order chi connectivity index (χ0) is 13.5. The Morgan fingerprint density at radius 3 is 2.78 bits per heavy atom. The molecule has 0 aliphatic carbocycles. The molecular formula is C13H18FNO3. The Morgan fingerprint density at radius 1 is 1.50 bits per heavy atom. The first-order chi connectivity index (χ1) is 8.52. The molecule has 0 unspecified atom stereocenters. The van der Waals surface area contributed by atoms with E-state index in [-0.39, 0.29) is 12.4 Å². The van der Waals surface area contributed by atoms with Gasteiger partial charge in [0.1, 0.15) is 5.82 Å². The number of halogens is 1. The van der Waals surface area contributed by atoms with Gasteiger partial charge in [0.05, 0.1) is 13.2 Å². The Labute approximate surface area is 106 Å². The van der Waals surface area contributed by atoms with E-state index in [1.54, 1.807) is 18.1 Å². The summed E-state index contributed by atoms with van der Waals surface area (Å²) < 4.78 is 17.9. The molecule has 0 spiro atoms. The molecule has 0 radical (unpaired) electrons. The summed E-state index contributed by atoms with van der Waals surface area (Å²) in [4.78, 5) is 12.5. The van der Waals surface area contributed by atoms with Crippen LogP contribution in [0.15, 0.2) is 18.2 Å². The number of hydrogen-bond acceptors (Lipinski definition) is 3. The lowest BCUT2D eigenvalue weighted by atomic mass is 10.1. The minimum Gasteiger partial charge on any atom is -0.480 e. The molecule has 0 fully saturated rings. The number of rotatable bonds is 7. The Bertz CT molecular complexity index is 409. The van der Waals surface area contributed by atoms with Gasteiger partial charge in [-0.05, 0) is 30.2 Å². The second-order valence-electron chi connectivity index (χ2n) is 4.17. The highest BCUT2D eigenvalue weighted by atomic mass is 19.1. The zero-order valence-electron chi connectivity index (χ0n) is 10.6. The van der Waals surface area contributed by atoms with E-state index in [0.29, 0.717) is 19.7 Å². The number of ether oxygens (including phenoxy) is 1. The second-order valence-corrected chi connectivity index (χ2v) is 4.17. The molecule has 0 saturated heterocycles. The van der Waals surface area contributed by atoms with Gasteiger partial charge in [-0.2, -0.15) is 0 Å². The van der Waals surface area contributed by atoms with Crippen molar-refractivity contribution in [1.29, 1.82) is 0 Å². The Morgan fingerprint density at radius 2 is 2.22 bits per heavy atom. The fourth-order valence-electron chi connectivity index (χ4n) is 1.70. The van der Waals surface area contributed by atoms with Crippen LogP contribution in [0.5, 0.6) is 0 Å². The van der Waals surface area contributed by atoms with E-state index < -0.39 is 5.97 Å². The first-order valence-corrected chi connectivity index (χ1v) is 5.71. The molecule has 18 heavy (non-hydrogen) atoms. The van der Waals surface area contributed by atoms with E-state index in [4.69, 9.17) is 9.84 Å². The average molecular weight is 255 g/mol. The summed E-state index contributed by atoms with van der Waals surface area (Å²) in [6.07, 6.45) is 0. The molecular weight excluding hydrogens is 237 g/mol. The number of aliphatic carboxylic acids is 1. The van der Waals surface area contributed by atoms with Crippen molar-refractivity contribution in [3.8, 4) is 0 Å². The van der Waals surface area contributed by atoms with Crippen molar-refractivity contribution in [1.82, 2.24) is 4.90 Å². The highest BCUT2D eigenvalue weighted by molar-refractivity contribution is 5.69. The van der Waals surface area contributed by atoms with E-state index in [9.17, 15) is 9.18 Å².